The van der Waals surface area contributed by atoms with Crippen LogP contribution in [0.5, 0.6) is 0 Å². The molecule has 5 rings (SSSR count). The SMILES string of the molecule is O=C1NC(=O)/C(=C/c2ccnc(N3CCC(CCCc4cc(-c5ccco5)cs4)CC3)n2)S1. The number of anilines is 1. The van der Waals surface area contributed by atoms with E-state index in [-0.39, 0.29) is 11.1 Å². The first-order chi connectivity index (χ1) is 16.1. The molecule has 1 N–H and O–H groups in total. The van der Waals surface area contributed by atoms with Gasteiger partial charge >= 0.3 is 0 Å². The number of thioether (sulfide) groups is 1. The lowest BCUT2D eigenvalue weighted by molar-refractivity contribution is -0.115. The Morgan fingerprint density at radius 1 is 1.24 bits per heavy atom. The van der Waals surface area contributed by atoms with E-state index < -0.39 is 0 Å². The fourth-order valence-corrected chi connectivity index (χ4v) is 5.81. The number of hydrogen-bond acceptors (Lipinski definition) is 8. The van der Waals surface area contributed by atoms with E-state index >= 15 is 0 Å². The van der Waals surface area contributed by atoms with E-state index in [0.717, 1.165) is 55.8 Å². The highest BCUT2D eigenvalue weighted by Crippen LogP contribution is 2.29. The summed E-state index contributed by atoms with van der Waals surface area (Å²) >= 11 is 2.71. The van der Waals surface area contributed by atoms with E-state index in [2.05, 4.69) is 31.6 Å². The monoisotopic (exact) mass is 480 g/mol. The minimum atomic E-state index is -0.370. The van der Waals surface area contributed by atoms with E-state index in [1.54, 1.807) is 24.6 Å². The molecule has 3 aromatic rings. The van der Waals surface area contributed by atoms with Gasteiger partial charge in [0.25, 0.3) is 11.1 Å². The highest BCUT2D eigenvalue weighted by atomic mass is 32.2. The Balaban J connectivity index is 1.10. The van der Waals surface area contributed by atoms with Crippen LogP contribution >= 0.6 is 23.1 Å². The van der Waals surface area contributed by atoms with E-state index in [1.165, 1.54) is 23.3 Å². The standard InChI is InChI=1S/C24H24N4O3S2/c29-22-21(33-24(30)27-22)14-18-6-9-25-23(26-18)28-10-7-16(8-11-28)3-1-4-19-13-17(15-32-19)20-5-2-12-31-20/h2,5-6,9,12-16H,1,3-4,7-8,10-11H2,(H,27,29,30)/b21-14-. The Morgan fingerprint density at radius 3 is 2.88 bits per heavy atom. The zero-order valence-corrected chi connectivity index (χ0v) is 19.7. The quantitative estimate of drug-likeness (QED) is 0.455. The second-order valence-corrected chi connectivity index (χ2v) is 10.2. The van der Waals surface area contributed by atoms with Crippen molar-refractivity contribution in [2.75, 3.05) is 18.0 Å². The first-order valence-electron chi connectivity index (χ1n) is 11.1. The molecule has 7 nitrogen and oxygen atoms in total. The molecular formula is C24H24N4O3S2. The zero-order valence-electron chi connectivity index (χ0n) is 18.0. The van der Waals surface area contributed by atoms with Crippen molar-refractivity contribution in [3.05, 3.63) is 57.6 Å². The lowest BCUT2D eigenvalue weighted by atomic mass is 9.91. The summed E-state index contributed by atoms with van der Waals surface area (Å²) in [5, 5.41) is 4.09. The maximum atomic E-state index is 11.8. The molecule has 0 aliphatic carbocycles. The summed E-state index contributed by atoms with van der Waals surface area (Å²) in [4.78, 5) is 36.1. The van der Waals surface area contributed by atoms with Crippen molar-refractivity contribution in [1.82, 2.24) is 15.3 Å². The van der Waals surface area contributed by atoms with Gasteiger partial charge in [0.15, 0.2) is 0 Å². The van der Waals surface area contributed by atoms with Crippen molar-refractivity contribution in [2.24, 2.45) is 5.92 Å². The second-order valence-electron chi connectivity index (χ2n) is 8.24. The van der Waals surface area contributed by atoms with Crippen LogP contribution in [0.3, 0.4) is 0 Å². The average Bonchev–Trinajstić information content (AvgIpc) is 3.57. The number of thiophene rings is 1. The minimum Gasteiger partial charge on any atom is -0.464 e. The average molecular weight is 481 g/mol. The van der Waals surface area contributed by atoms with Crippen LogP contribution < -0.4 is 10.2 Å². The molecule has 0 unspecified atom stereocenters. The van der Waals surface area contributed by atoms with Gasteiger partial charge in [-0.2, -0.15) is 0 Å². The third kappa shape index (κ3) is 5.36. The van der Waals surface area contributed by atoms with Crippen LogP contribution in [0.15, 0.2) is 51.4 Å². The molecule has 0 saturated carbocycles. The van der Waals surface area contributed by atoms with E-state index in [4.69, 9.17) is 4.42 Å². The van der Waals surface area contributed by atoms with Crippen LogP contribution in [0, 0.1) is 5.92 Å². The molecule has 2 amide bonds. The van der Waals surface area contributed by atoms with Gasteiger partial charge in [0.2, 0.25) is 5.95 Å². The highest BCUT2D eigenvalue weighted by Gasteiger charge is 2.25. The number of piperidine rings is 1. The van der Waals surface area contributed by atoms with Gasteiger partial charge in [0.1, 0.15) is 5.76 Å². The third-order valence-corrected chi connectivity index (χ3v) is 7.78. The number of aryl methyl sites for hydroxylation is 1. The molecule has 9 heteroatoms. The molecule has 0 radical (unpaired) electrons. The van der Waals surface area contributed by atoms with Crippen molar-refractivity contribution in [2.45, 2.75) is 32.1 Å². The Labute approximate surface area is 200 Å². The number of furan rings is 1. The van der Waals surface area contributed by atoms with Crippen molar-refractivity contribution >= 4 is 46.3 Å². The Hall–Kier alpha value is -2.91. The van der Waals surface area contributed by atoms with Crippen LogP contribution in [0.2, 0.25) is 0 Å². The maximum Gasteiger partial charge on any atom is 0.290 e. The normalized spacial score (nSPS) is 18.3. The summed E-state index contributed by atoms with van der Waals surface area (Å²) in [7, 11) is 0. The largest absolute Gasteiger partial charge is 0.464 e. The summed E-state index contributed by atoms with van der Waals surface area (Å²) < 4.78 is 5.48. The fourth-order valence-electron chi connectivity index (χ4n) is 4.22. The fraction of sp³-hybridized carbons (Fsp3) is 0.333. The van der Waals surface area contributed by atoms with Gasteiger partial charge in [-0.1, -0.05) is 0 Å². The first-order valence-corrected chi connectivity index (χ1v) is 12.8. The van der Waals surface area contributed by atoms with Crippen molar-refractivity contribution in [3.8, 4) is 11.3 Å². The molecule has 0 aromatic carbocycles. The number of carbonyl (C=O) groups is 2. The van der Waals surface area contributed by atoms with E-state index in [9.17, 15) is 9.59 Å². The number of carbonyl (C=O) groups excluding carboxylic acids is 2. The number of amides is 2. The van der Waals surface area contributed by atoms with Gasteiger partial charge in [0.05, 0.1) is 16.9 Å². The molecule has 3 aromatic heterocycles. The smallest absolute Gasteiger partial charge is 0.290 e. The molecule has 33 heavy (non-hydrogen) atoms. The summed E-state index contributed by atoms with van der Waals surface area (Å²) in [6.45, 7) is 1.86. The van der Waals surface area contributed by atoms with Gasteiger partial charge in [-0.15, -0.1) is 11.3 Å². The van der Waals surface area contributed by atoms with Gasteiger partial charge in [0, 0.05) is 35.1 Å². The Bertz CT molecular complexity index is 1160. The molecule has 2 saturated heterocycles. The Kier molecular flexibility index (Phi) is 6.59. The number of imide groups is 1. The van der Waals surface area contributed by atoms with Gasteiger partial charge in [-0.05, 0) is 80.1 Å². The zero-order chi connectivity index (χ0) is 22.6. The van der Waals surface area contributed by atoms with Crippen LogP contribution in [0.25, 0.3) is 17.4 Å². The first kappa shape index (κ1) is 21.9. The van der Waals surface area contributed by atoms with Gasteiger partial charge in [-0.3, -0.25) is 14.9 Å². The Morgan fingerprint density at radius 2 is 2.12 bits per heavy atom. The molecule has 5 heterocycles. The van der Waals surface area contributed by atoms with Crippen molar-refractivity contribution < 1.29 is 14.0 Å². The van der Waals surface area contributed by atoms with Gasteiger partial charge in [-0.25, -0.2) is 9.97 Å². The maximum absolute atomic E-state index is 11.8. The topological polar surface area (TPSA) is 88.3 Å². The lowest BCUT2D eigenvalue weighted by Gasteiger charge is -2.32. The molecule has 2 aliphatic rings. The number of nitrogens with zero attached hydrogens (tertiary/aromatic N) is 3. The molecule has 0 spiro atoms. The summed E-state index contributed by atoms with van der Waals surface area (Å²) in [5.74, 6) is 1.97. The molecule has 2 fully saturated rings. The number of nitrogens with one attached hydrogen (secondary N) is 1. The van der Waals surface area contributed by atoms with Crippen LogP contribution in [-0.4, -0.2) is 34.2 Å². The highest BCUT2D eigenvalue weighted by molar-refractivity contribution is 8.18. The second kappa shape index (κ2) is 9.93. The lowest BCUT2D eigenvalue weighted by Crippen LogP contribution is -2.35. The van der Waals surface area contributed by atoms with Crippen LogP contribution in [-0.2, 0) is 11.2 Å². The minimum absolute atomic E-state index is 0.348. The summed E-state index contributed by atoms with van der Waals surface area (Å²) in [6, 6.07) is 7.92. The molecule has 0 bridgehead atoms. The van der Waals surface area contributed by atoms with Crippen molar-refractivity contribution in [1.29, 1.82) is 0 Å². The number of hydrogen-bond donors (Lipinski definition) is 1. The molecule has 0 atom stereocenters. The van der Waals surface area contributed by atoms with Gasteiger partial charge < -0.3 is 9.32 Å². The number of rotatable bonds is 7. The summed E-state index contributed by atoms with van der Waals surface area (Å²) in [5.41, 5.74) is 1.81. The third-order valence-electron chi connectivity index (χ3n) is 5.98. The molecule has 170 valence electrons. The van der Waals surface area contributed by atoms with E-state index in [1.807, 2.05) is 23.5 Å². The van der Waals surface area contributed by atoms with Crippen LogP contribution in [0.1, 0.15) is 36.3 Å². The summed E-state index contributed by atoms with van der Waals surface area (Å²) in [6.07, 6.45) is 10.9. The predicted octanol–water partition coefficient (Wildman–Crippen LogP) is 5.36. The van der Waals surface area contributed by atoms with Crippen LogP contribution in [0.4, 0.5) is 10.7 Å². The van der Waals surface area contributed by atoms with E-state index in [0.29, 0.717) is 16.5 Å². The number of aromatic nitrogens is 2. The predicted molar refractivity (Wildman–Crippen MR) is 131 cm³/mol. The molecule has 2 aliphatic heterocycles. The van der Waals surface area contributed by atoms with Crippen molar-refractivity contribution in [3.63, 3.8) is 0 Å². The molecular weight excluding hydrogens is 456 g/mol.